The highest BCUT2D eigenvalue weighted by atomic mass is 35.5. The van der Waals surface area contributed by atoms with Crippen LogP contribution >= 0.6 is 11.6 Å². The zero-order valence-electron chi connectivity index (χ0n) is 11.9. The molecule has 0 aromatic heterocycles. The third-order valence-corrected chi connectivity index (χ3v) is 4.85. The van der Waals surface area contributed by atoms with Crippen molar-refractivity contribution in [1.29, 1.82) is 0 Å². The van der Waals surface area contributed by atoms with E-state index in [2.05, 4.69) is 9.62 Å². The first-order chi connectivity index (χ1) is 9.90. The van der Waals surface area contributed by atoms with Gasteiger partial charge in [0, 0.05) is 42.7 Å². The molecule has 0 radical (unpaired) electrons. The number of hydrogen-bond acceptors (Lipinski definition) is 4. The highest BCUT2D eigenvalue weighted by Gasteiger charge is 2.26. The van der Waals surface area contributed by atoms with Crippen molar-refractivity contribution in [3.8, 4) is 5.75 Å². The second-order valence-corrected chi connectivity index (χ2v) is 7.98. The number of rotatable bonds is 4. The van der Waals surface area contributed by atoms with E-state index in [9.17, 15) is 8.42 Å². The second kappa shape index (κ2) is 5.76. The lowest BCUT2D eigenvalue weighted by Crippen LogP contribution is -2.36. The maximum atomic E-state index is 11.3. The van der Waals surface area contributed by atoms with Crippen LogP contribution in [0.25, 0.3) is 0 Å². The van der Waals surface area contributed by atoms with Crippen LogP contribution in [-0.4, -0.2) is 45.3 Å². The Morgan fingerprint density at radius 3 is 3.05 bits per heavy atom. The smallest absolute Gasteiger partial charge is 0.208 e. The van der Waals surface area contributed by atoms with E-state index in [0.717, 1.165) is 42.3 Å². The summed E-state index contributed by atoms with van der Waals surface area (Å²) in [4.78, 5) is 2.23. The Labute approximate surface area is 130 Å². The van der Waals surface area contributed by atoms with Gasteiger partial charge < -0.3 is 4.74 Å². The Kier molecular flexibility index (Phi) is 4.14. The van der Waals surface area contributed by atoms with Gasteiger partial charge in [0.05, 0.1) is 12.9 Å². The maximum Gasteiger partial charge on any atom is 0.208 e. The van der Waals surface area contributed by atoms with E-state index in [0.29, 0.717) is 13.2 Å². The summed E-state index contributed by atoms with van der Waals surface area (Å²) in [5, 5.41) is 0.735. The van der Waals surface area contributed by atoms with Crippen molar-refractivity contribution >= 4 is 21.6 Å². The van der Waals surface area contributed by atoms with Crippen molar-refractivity contribution < 1.29 is 13.2 Å². The topological polar surface area (TPSA) is 58.6 Å². The van der Waals surface area contributed by atoms with Gasteiger partial charge in [-0.05, 0) is 24.1 Å². The number of ether oxygens (including phenoxy) is 1. The summed E-state index contributed by atoms with van der Waals surface area (Å²) < 4.78 is 30.9. The van der Waals surface area contributed by atoms with Crippen LogP contribution in [0.5, 0.6) is 5.75 Å². The summed E-state index contributed by atoms with van der Waals surface area (Å²) in [6, 6.07) is 3.90. The molecule has 1 saturated heterocycles. The summed E-state index contributed by atoms with van der Waals surface area (Å²) in [6.45, 7) is 3.04. The molecule has 2 heterocycles. The molecule has 0 bridgehead atoms. The van der Waals surface area contributed by atoms with E-state index in [1.165, 1.54) is 11.8 Å². The molecule has 7 heteroatoms. The molecule has 1 aromatic carbocycles. The molecule has 0 spiro atoms. The standard InChI is InChI=1S/C14H19ClN2O3S/c1-21(18,19)16-13-2-4-17(9-13)8-11-7-12(15)6-10-3-5-20-14(10)11/h6-7,13,16H,2-5,8-9H2,1H3/t13-/m0/s1. The quantitative estimate of drug-likeness (QED) is 0.906. The number of benzene rings is 1. The fraction of sp³-hybridized carbons (Fsp3) is 0.571. The molecule has 0 unspecified atom stereocenters. The fourth-order valence-corrected chi connectivity index (χ4v) is 4.14. The minimum Gasteiger partial charge on any atom is -0.493 e. The van der Waals surface area contributed by atoms with Crippen molar-refractivity contribution in [2.75, 3.05) is 26.0 Å². The van der Waals surface area contributed by atoms with Gasteiger partial charge in [-0.1, -0.05) is 11.6 Å². The van der Waals surface area contributed by atoms with Crippen LogP contribution in [0, 0.1) is 0 Å². The fourth-order valence-electron chi connectivity index (χ4n) is 3.08. The average molecular weight is 331 g/mol. The average Bonchev–Trinajstić information content (AvgIpc) is 2.96. The Morgan fingerprint density at radius 2 is 2.29 bits per heavy atom. The molecule has 1 aromatic rings. The van der Waals surface area contributed by atoms with Crippen LogP contribution < -0.4 is 9.46 Å². The zero-order valence-corrected chi connectivity index (χ0v) is 13.5. The van der Waals surface area contributed by atoms with Crippen LogP contribution in [-0.2, 0) is 23.0 Å². The van der Waals surface area contributed by atoms with Crippen molar-refractivity contribution in [3.63, 3.8) is 0 Å². The van der Waals surface area contributed by atoms with E-state index in [4.69, 9.17) is 16.3 Å². The number of nitrogens with zero attached hydrogens (tertiary/aromatic N) is 1. The van der Waals surface area contributed by atoms with Crippen molar-refractivity contribution in [2.45, 2.75) is 25.4 Å². The molecule has 0 amide bonds. The number of sulfonamides is 1. The largest absolute Gasteiger partial charge is 0.493 e. The molecule has 2 aliphatic rings. The summed E-state index contributed by atoms with van der Waals surface area (Å²) in [5.74, 6) is 0.957. The third kappa shape index (κ3) is 3.69. The first-order valence-electron chi connectivity index (χ1n) is 7.04. The van der Waals surface area contributed by atoms with Crippen molar-refractivity contribution in [1.82, 2.24) is 9.62 Å². The molecule has 21 heavy (non-hydrogen) atoms. The van der Waals surface area contributed by atoms with Crippen LogP contribution in [0.4, 0.5) is 0 Å². The Hall–Kier alpha value is -0.820. The Morgan fingerprint density at radius 1 is 1.48 bits per heavy atom. The van der Waals surface area contributed by atoms with Gasteiger partial charge in [-0.3, -0.25) is 4.90 Å². The number of fused-ring (bicyclic) bond motifs is 1. The monoisotopic (exact) mass is 330 g/mol. The van der Waals surface area contributed by atoms with E-state index < -0.39 is 10.0 Å². The number of nitrogens with one attached hydrogen (secondary N) is 1. The third-order valence-electron chi connectivity index (χ3n) is 3.87. The highest BCUT2D eigenvalue weighted by molar-refractivity contribution is 7.88. The Bertz CT molecular complexity index is 648. The summed E-state index contributed by atoms with van der Waals surface area (Å²) in [5.41, 5.74) is 2.26. The molecule has 1 N–H and O–H groups in total. The van der Waals surface area contributed by atoms with E-state index in [1.54, 1.807) is 0 Å². The molecular formula is C14H19ClN2O3S. The normalized spacial score (nSPS) is 22.3. The number of halogens is 1. The van der Waals surface area contributed by atoms with Gasteiger partial charge in [-0.15, -0.1) is 0 Å². The minimum absolute atomic E-state index is 0.00634. The summed E-state index contributed by atoms with van der Waals surface area (Å²) in [7, 11) is -3.14. The zero-order chi connectivity index (χ0) is 15.0. The van der Waals surface area contributed by atoms with Gasteiger partial charge in [-0.25, -0.2) is 13.1 Å². The lowest BCUT2D eigenvalue weighted by Gasteiger charge is -2.18. The van der Waals surface area contributed by atoms with Crippen molar-refractivity contribution in [3.05, 3.63) is 28.3 Å². The number of likely N-dealkylation sites (tertiary alicyclic amines) is 1. The highest BCUT2D eigenvalue weighted by Crippen LogP contribution is 2.34. The molecule has 1 fully saturated rings. The molecule has 0 saturated carbocycles. The molecule has 3 rings (SSSR count). The minimum atomic E-state index is -3.14. The second-order valence-electron chi connectivity index (χ2n) is 5.76. The first kappa shape index (κ1) is 15.1. The van der Waals surface area contributed by atoms with Gasteiger partial charge in [-0.2, -0.15) is 0 Å². The van der Waals surface area contributed by atoms with E-state index in [1.807, 2.05) is 12.1 Å². The van der Waals surface area contributed by atoms with Crippen molar-refractivity contribution in [2.24, 2.45) is 0 Å². The maximum absolute atomic E-state index is 11.3. The van der Waals surface area contributed by atoms with Crippen LogP contribution in [0.2, 0.25) is 5.02 Å². The van der Waals surface area contributed by atoms with Gasteiger partial charge >= 0.3 is 0 Å². The molecule has 2 aliphatic heterocycles. The van der Waals surface area contributed by atoms with Gasteiger partial charge in [0.25, 0.3) is 0 Å². The number of hydrogen-bond donors (Lipinski definition) is 1. The van der Waals surface area contributed by atoms with Gasteiger partial charge in [0.1, 0.15) is 5.75 Å². The van der Waals surface area contributed by atoms with Crippen LogP contribution in [0.3, 0.4) is 0 Å². The predicted molar refractivity (Wildman–Crippen MR) is 82.3 cm³/mol. The molecule has 116 valence electrons. The molecule has 5 nitrogen and oxygen atoms in total. The van der Waals surface area contributed by atoms with Crippen LogP contribution in [0.15, 0.2) is 12.1 Å². The first-order valence-corrected chi connectivity index (χ1v) is 9.31. The lowest BCUT2D eigenvalue weighted by atomic mass is 10.1. The van der Waals surface area contributed by atoms with Crippen LogP contribution in [0.1, 0.15) is 17.5 Å². The lowest BCUT2D eigenvalue weighted by molar-refractivity contribution is 0.308. The van der Waals surface area contributed by atoms with E-state index in [-0.39, 0.29) is 6.04 Å². The summed E-state index contributed by atoms with van der Waals surface area (Å²) in [6.07, 6.45) is 2.94. The molecule has 0 aliphatic carbocycles. The SMILES string of the molecule is CS(=O)(=O)N[C@H]1CCN(Cc2cc(Cl)cc3c2OCC3)C1. The predicted octanol–water partition coefficient (Wildman–Crippen LogP) is 1.40. The van der Waals surface area contributed by atoms with Gasteiger partial charge in [0.15, 0.2) is 0 Å². The molecular weight excluding hydrogens is 312 g/mol. The Balaban J connectivity index is 1.69. The molecule has 1 atom stereocenters. The van der Waals surface area contributed by atoms with E-state index >= 15 is 0 Å². The summed E-state index contributed by atoms with van der Waals surface area (Å²) >= 11 is 6.16. The van der Waals surface area contributed by atoms with Gasteiger partial charge in [0.2, 0.25) is 10.0 Å².